The van der Waals surface area contributed by atoms with Gasteiger partial charge in [-0.1, -0.05) is 70.1 Å². The lowest BCUT2D eigenvalue weighted by atomic mass is 9.47. The molecule has 3 aliphatic carbocycles. The number of carboxylic acid groups (broad SMARTS) is 2. The Morgan fingerprint density at radius 3 is 2.20 bits per heavy atom. The molecular formula is C31H48O4. The zero-order valence-corrected chi connectivity index (χ0v) is 23.0. The summed E-state index contributed by atoms with van der Waals surface area (Å²) in [4.78, 5) is 24.1. The Bertz CT molecular complexity index is 926. The summed E-state index contributed by atoms with van der Waals surface area (Å²) in [6.45, 7) is 21.9. The van der Waals surface area contributed by atoms with Crippen molar-refractivity contribution in [3.8, 4) is 0 Å². The maximum atomic E-state index is 12.5. The quantitative estimate of drug-likeness (QED) is 0.308. The lowest BCUT2D eigenvalue weighted by molar-refractivity contribution is -0.146. The minimum Gasteiger partial charge on any atom is -0.481 e. The molecular weight excluding hydrogens is 436 g/mol. The van der Waals surface area contributed by atoms with Crippen molar-refractivity contribution in [3.05, 3.63) is 35.5 Å². The van der Waals surface area contributed by atoms with Crippen molar-refractivity contribution in [3.63, 3.8) is 0 Å². The molecule has 0 amide bonds. The Balaban J connectivity index is 1.99. The standard InChI is InChI=1S/C31H48O4/c1-19(2)21(5)9-10-22(28(34)35)24-13-17-31(8)26-12-11-23(20(3)4)29(6,16-15-27(32)33)25(26)14-18-30(24,31)7/h19,22-24H,3,5,9-18H2,1-2,4,6-8H3,(H,32,33)(H,34,35)/t22-,23+,24-,29+,30-,31+/m1/s1. The van der Waals surface area contributed by atoms with Crippen LogP contribution in [0.5, 0.6) is 0 Å². The van der Waals surface area contributed by atoms with Gasteiger partial charge in [0.1, 0.15) is 0 Å². The van der Waals surface area contributed by atoms with Crippen LogP contribution in [-0.2, 0) is 9.59 Å². The van der Waals surface area contributed by atoms with Crippen LogP contribution < -0.4 is 0 Å². The maximum absolute atomic E-state index is 12.5. The van der Waals surface area contributed by atoms with Gasteiger partial charge in [-0.15, -0.1) is 0 Å². The Morgan fingerprint density at radius 1 is 1.00 bits per heavy atom. The van der Waals surface area contributed by atoms with Crippen molar-refractivity contribution >= 4 is 11.9 Å². The monoisotopic (exact) mass is 484 g/mol. The molecule has 1 fully saturated rings. The maximum Gasteiger partial charge on any atom is 0.306 e. The van der Waals surface area contributed by atoms with Gasteiger partial charge in [-0.05, 0) is 98.7 Å². The summed E-state index contributed by atoms with van der Waals surface area (Å²) in [5.41, 5.74) is 5.03. The number of carboxylic acids is 2. The van der Waals surface area contributed by atoms with E-state index in [9.17, 15) is 19.8 Å². The third-order valence-corrected chi connectivity index (χ3v) is 10.9. The van der Waals surface area contributed by atoms with E-state index in [0.717, 1.165) is 56.1 Å². The van der Waals surface area contributed by atoms with E-state index in [2.05, 4.69) is 54.7 Å². The van der Waals surface area contributed by atoms with Crippen LogP contribution in [-0.4, -0.2) is 22.2 Å². The summed E-state index contributed by atoms with van der Waals surface area (Å²) in [5, 5.41) is 19.8. The van der Waals surface area contributed by atoms with Gasteiger partial charge in [0.25, 0.3) is 0 Å². The van der Waals surface area contributed by atoms with Crippen molar-refractivity contribution in [2.45, 2.75) is 106 Å². The average Bonchev–Trinajstić information content (AvgIpc) is 3.03. The zero-order chi connectivity index (χ0) is 26.3. The first-order valence-corrected chi connectivity index (χ1v) is 13.7. The second kappa shape index (κ2) is 9.90. The summed E-state index contributed by atoms with van der Waals surface area (Å²) in [6.07, 6.45) is 8.20. The highest BCUT2D eigenvalue weighted by Gasteiger charge is 2.62. The van der Waals surface area contributed by atoms with Crippen molar-refractivity contribution < 1.29 is 19.8 Å². The van der Waals surface area contributed by atoms with Crippen LogP contribution in [0.1, 0.15) is 106 Å². The van der Waals surface area contributed by atoms with E-state index in [1.807, 2.05) is 0 Å². The van der Waals surface area contributed by atoms with E-state index in [0.29, 0.717) is 24.7 Å². The molecule has 0 spiro atoms. The first kappa shape index (κ1) is 27.7. The molecule has 0 aliphatic heterocycles. The van der Waals surface area contributed by atoms with E-state index in [1.165, 1.54) is 11.1 Å². The van der Waals surface area contributed by atoms with E-state index in [1.54, 1.807) is 0 Å². The number of aliphatic carboxylic acids is 2. The number of carbonyl (C=O) groups is 2. The molecule has 0 heterocycles. The smallest absolute Gasteiger partial charge is 0.306 e. The predicted molar refractivity (Wildman–Crippen MR) is 142 cm³/mol. The van der Waals surface area contributed by atoms with Gasteiger partial charge in [-0.3, -0.25) is 9.59 Å². The molecule has 0 saturated heterocycles. The third kappa shape index (κ3) is 4.67. The second-order valence-corrected chi connectivity index (χ2v) is 12.9. The fourth-order valence-corrected chi connectivity index (χ4v) is 8.41. The lowest BCUT2D eigenvalue weighted by Crippen LogP contribution is -2.49. The molecule has 0 aromatic carbocycles. The van der Waals surface area contributed by atoms with Gasteiger partial charge in [0.15, 0.2) is 0 Å². The van der Waals surface area contributed by atoms with Crippen molar-refractivity contribution in [2.24, 2.45) is 39.9 Å². The topological polar surface area (TPSA) is 74.6 Å². The molecule has 196 valence electrons. The molecule has 6 atom stereocenters. The number of hydrogen-bond acceptors (Lipinski definition) is 2. The number of hydrogen-bond donors (Lipinski definition) is 2. The highest BCUT2D eigenvalue weighted by Crippen LogP contribution is 2.71. The molecule has 0 unspecified atom stereocenters. The normalized spacial score (nSPS) is 35.4. The first-order chi connectivity index (χ1) is 16.2. The van der Waals surface area contributed by atoms with Gasteiger partial charge >= 0.3 is 11.9 Å². The van der Waals surface area contributed by atoms with E-state index < -0.39 is 11.9 Å². The van der Waals surface area contributed by atoms with Gasteiger partial charge in [-0.2, -0.15) is 0 Å². The van der Waals surface area contributed by atoms with Gasteiger partial charge in [-0.25, -0.2) is 0 Å². The van der Waals surface area contributed by atoms with E-state index in [-0.39, 0.29) is 34.5 Å². The summed E-state index contributed by atoms with van der Waals surface area (Å²) < 4.78 is 0. The highest BCUT2D eigenvalue weighted by molar-refractivity contribution is 5.71. The Kier molecular flexibility index (Phi) is 7.85. The van der Waals surface area contributed by atoms with Crippen LogP contribution in [0, 0.1) is 39.9 Å². The molecule has 0 aromatic rings. The molecule has 4 nitrogen and oxygen atoms in total. The SMILES string of the molecule is C=C(CC[C@@H](C(=O)O)[C@H]1CC[C@@]2(C)C3=C(CC[C@]12C)[C@@](C)(CCC(=O)O)[C@H](C(=C)C)CC3)C(C)C. The lowest BCUT2D eigenvalue weighted by Gasteiger charge is -2.57. The Labute approximate surface area is 213 Å². The Hall–Kier alpha value is -1.84. The molecule has 3 aliphatic rings. The number of rotatable bonds is 10. The van der Waals surface area contributed by atoms with Crippen molar-refractivity contribution in [1.29, 1.82) is 0 Å². The molecule has 0 bridgehead atoms. The van der Waals surface area contributed by atoms with Gasteiger partial charge in [0, 0.05) is 6.42 Å². The highest BCUT2D eigenvalue weighted by atomic mass is 16.4. The predicted octanol–water partition coefficient (Wildman–Crippen LogP) is 8.05. The Morgan fingerprint density at radius 2 is 1.66 bits per heavy atom. The summed E-state index contributed by atoms with van der Waals surface area (Å²) in [6, 6.07) is 0. The fraction of sp³-hybridized carbons (Fsp3) is 0.742. The van der Waals surface area contributed by atoms with Crippen LogP contribution in [0.15, 0.2) is 35.5 Å². The first-order valence-electron chi connectivity index (χ1n) is 13.7. The second-order valence-electron chi connectivity index (χ2n) is 12.9. The van der Waals surface area contributed by atoms with Crippen LogP contribution in [0.2, 0.25) is 0 Å². The fourth-order valence-electron chi connectivity index (χ4n) is 8.41. The van der Waals surface area contributed by atoms with Gasteiger partial charge in [0.05, 0.1) is 5.92 Å². The van der Waals surface area contributed by atoms with Crippen LogP contribution >= 0.6 is 0 Å². The summed E-state index contributed by atoms with van der Waals surface area (Å²) in [7, 11) is 0. The van der Waals surface area contributed by atoms with Crippen LogP contribution in [0.4, 0.5) is 0 Å². The molecule has 0 aromatic heterocycles. The zero-order valence-electron chi connectivity index (χ0n) is 23.0. The minimum absolute atomic E-state index is 0.0292. The van der Waals surface area contributed by atoms with Gasteiger partial charge < -0.3 is 10.2 Å². The summed E-state index contributed by atoms with van der Waals surface area (Å²) in [5.74, 6) is -0.899. The van der Waals surface area contributed by atoms with E-state index in [4.69, 9.17) is 0 Å². The van der Waals surface area contributed by atoms with Crippen LogP contribution in [0.3, 0.4) is 0 Å². The largest absolute Gasteiger partial charge is 0.481 e. The molecule has 2 N–H and O–H groups in total. The van der Waals surface area contributed by atoms with Crippen LogP contribution in [0.25, 0.3) is 0 Å². The molecule has 0 radical (unpaired) electrons. The minimum atomic E-state index is -0.737. The van der Waals surface area contributed by atoms with Crippen molar-refractivity contribution in [2.75, 3.05) is 0 Å². The molecule has 3 rings (SSSR count). The number of fused-ring (bicyclic) bond motifs is 2. The summed E-state index contributed by atoms with van der Waals surface area (Å²) >= 11 is 0. The van der Waals surface area contributed by atoms with E-state index >= 15 is 0 Å². The average molecular weight is 485 g/mol. The molecule has 1 saturated carbocycles. The third-order valence-electron chi connectivity index (χ3n) is 10.9. The number of allylic oxidation sites excluding steroid dienone is 4. The van der Waals surface area contributed by atoms with Gasteiger partial charge in [0.2, 0.25) is 0 Å². The molecule has 4 heteroatoms. The molecule has 35 heavy (non-hydrogen) atoms. The van der Waals surface area contributed by atoms with Crippen molar-refractivity contribution in [1.82, 2.24) is 0 Å².